The molecule has 0 aliphatic carbocycles. The first-order valence-corrected chi connectivity index (χ1v) is 6.67. The summed E-state index contributed by atoms with van der Waals surface area (Å²) >= 11 is 1.31. The van der Waals surface area contributed by atoms with Crippen LogP contribution in [0.2, 0.25) is 0 Å². The molecule has 1 amide bonds. The number of carbonyl (C=O) groups is 1. The highest BCUT2D eigenvalue weighted by Crippen LogP contribution is 2.26. The lowest BCUT2D eigenvalue weighted by molar-refractivity contribution is -0.116. The molecule has 1 aromatic rings. The van der Waals surface area contributed by atoms with Crippen molar-refractivity contribution in [3.05, 3.63) is 23.8 Å². The first kappa shape index (κ1) is 13.4. The number of benzene rings is 1. The van der Waals surface area contributed by atoms with E-state index in [0.29, 0.717) is 23.3 Å². The molecule has 1 saturated heterocycles. The minimum absolute atomic E-state index is 0.0674. The Morgan fingerprint density at radius 3 is 3.11 bits per heavy atom. The number of ether oxygens (including phenoxy) is 1. The molecule has 1 fully saturated rings. The molecule has 2 rings (SSSR count). The van der Waals surface area contributed by atoms with Crippen molar-refractivity contribution < 1.29 is 14.6 Å². The predicted molar refractivity (Wildman–Crippen MR) is 74.9 cm³/mol. The number of nitrogens with zero attached hydrogens (tertiary/aromatic N) is 2. The number of carbonyl (C=O) groups excluding carboxylic acids is 1. The third kappa shape index (κ3) is 3.72. The van der Waals surface area contributed by atoms with Crippen molar-refractivity contribution in [2.24, 2.45) is 10.2 Å². The van der Waals surface area contributed by atoms with E-state index in [9.17, 15) is 9.90 Å². The van der Waals surface area contributed by atoms with E-state index >= 15 is 0 Å². The average Bonchev–Trinajstić information content (AvgIpc) is 2.79. The van der Waals surface area contributed by atoms with Crippen LogP contribution in [0.25, 0.3) is 0 Å². The number of nitrogens with one attached hydrogen (secondary N) is 1. The normalized spacial score (nSPS) is 17.1. The number of amides is 1. The minimum Gasteiger partial charge on any atom is -0.504 e. The number of amidine groups is 1. The van der Waals surface area contributed by atoms with Gasteiger partial charge < -0.3 is 15.2 Å². The van der Waals surface area contributed by atoms with Crippen molar-refractivity contribution in [3.63, 3.8) is 0 Å². The number of phenols is 1. The van der Waals surface area contributed by atoms with Crippen LogP contribution in [0.4, 0.5) is 0 Å². The number of thioether (sulfide) groups is 1. The topological polar surface area (TPSA) is 83.3 Å². The second kappa shape index (κ2) is 6.24. The predicted octanol–water partition coefficient (Wildman–Crippen LogP) is 1.34. The summed E-state index contributed by atoms with van der Waals surface area (Å²) in [6, 6.07) is 4.90. The number of aromatic hydroxyl groups is 1. The van der Waals surface area contributed by atoms with E-state index in [4.69, 9.17) is 4.74 Å². The van der Waals surface area contributed by atoms with Crippen LogP contribution in [0.1, 0.15) is 12.5 Å². The molecule has 0 bridgehead atoms. The van der Waals surface area contributed by atoms with Crippen LogP contribution in [-0.4, -0.2) is 34.8 Å². The number of hydrogen-bond acceptors (Lipinski definition) is 6. The molecule has 19 heavy (non-hydrogen) atoms. The molecule has 6 nitrogen and oxygen atoms in total. The fraction of sp³-hybridized carbons (Fsp3) is 0.250. The summed E-state index contributed by atoms with van der Waals surface area (Å²) in [4.78, 5) is 10.9. The quantitative estimate of drug-likeness (QED) is 0.643. The van der Waals surface area contributed by atoms with Crippen LogP contribution < -0.4 is 10.1 Å². The van der Waals surface area contributed by atoms with Gasteiger partial charge >= 0.3 is 0 Å². The van der Waals surface area contributed by atoms with Gasteiger partial charge in [0, 0.05) is 0 Å². The van der Waals surface area contributed by atoms with Gasteiger partial charge in [-0.25, -0.2) is 0 Å². The summed E-state index contributed by atoms with van der Waals surface area (Å²) in [5, 5.41) is 20.4. The van der Waals surface area contributed by atoms with E-state index in [0.717, 1.165) is 5.56 Å². The van der Waals surface area contributed by atoms with Crippen molar-refractivity contribution in [1.29, 1.82) is 0 Å². The summed E-state index contributed by atoms with van der Waals surface area (Å²) in [6.07, 6.45) is 1.53. The maximum absolute atomic E-state index is 10.9. The molecule has 0 aromatic heterocycles. The first-order chi connectivity index (χ1) is 9.19. The molecule has 1 aromatic carbocycles. The van der Waals surface area contributed by atoms with Gasteiger partial charge in [0.25, 0.3) is 0 Å². The molecule has 1 aliphatic rings. The molecule has 0 radical (unpaired) electrons. The van der Waals surface area contributed by atoms with Crippen molar-refractivity contribution in [2.45, 2.75) is 6.92 Å². The highest BCUT2D eigenvalue weighted by molar-refractivity contribution is 8.15. The van der Waals surface area contributed by atoms with E-state index in [-0.39, 0.29) is 11.7 Å². The van der Waals surface area contributed by atoms with Gasteiger partial charge in [-0.1, -0.05) is 11.8 Å². The summed E-state index contributed by atoms with van der Waals surface area (Å²) in [7, 11) is 0. The van der Waals surface area contributed by atoms with Crippen LogP contribution in [0.15, 0.2) is 28.4 Å². The van der Waals surface area contributed by atoms with E-state index in [1.807, 2.05) is 6.92 Å². The molecular weight excluding hydrogens is 266 g/mol. The highest BCUT2D eigenvalue weighted by atomic mass is 32.2. The zero-order chi connectivity index (χ0) is 13.7. The Bertz CT molecular complexity index is 543. The Labute approximate surface area is 114 Å². The molecule has 0 spiro atoms. The maximum Gasteiger partial charge on any atom is 0.236 e. The van der Waals surface area contributed by atoms with Crippen molar-refractivity contribution >= 4 is 29.1 Å². The van der Waals surface area contributed by atoms with Gasteiger partial charge in [-0.15, -0.1) is 5.10 Å². The number of phenolic OH excluding ortho intramolecular Hbond substituents is 1. The van der Waals surface area contributed by atoms with Crippen LogP contribution in [0, 0.1) is 0 Å². The standard InChI is InChI=1S/C12H13N3O3S/c1-2-18-10-5-8(3-4-9(10)16)6-13-15-12-14-11(17)7-19-12/h3-6,16H,2,7H2,1H3,(H,14,15,17)/b13-6+. The Kier molecular flexibility index (Phi) is 4.40. The van der Waals surface area contributed by atoms with Gasteiger partial charge in [0.1, 0.15) is 0 Å². The SMILES string of the molecule is CCOc1cc(/C=N/N=C2\NC(=O)CS2)ccc1O. The molecule has 1 aliphatic heterocycles. The smallest absolute Gasteiger partial charge is 0.236 e. The Hall–Kier alpha value is -2.02. The van der Waals surface area contributed by atoms with Gasteiger partial charge in [-0.05, 0) is 30.7 Å². The molecule has 0 atom stereocenters. The lowest BCUT2D eigenvalue weighted by atomic mass is 10.2. The number of hydrogen-bond donors (Lipinski definition) is 2. The Balaban J connectivity index is 2.06. The van der Waals surface area contributed by atoms with E-state index in [2.05, 4.69) is 15.5 Å². The van der Waals surface area contributed by atoms with E-state index in [1.54, 1.807) is 12.1 Å². The summed E-state index contributed by atoms with van der Waals surface area (Å²) < 4.78 is 5.26. The molecule has 0 unspecified atom stereocenters. The summed E-state index contributed by atoms with van der Waals surface area (Å²) in [6.45, 7) is 2.31. The monoisotopic (exact) mass is 279 g/mol. The van der Waals surface area contributed by atoms with Crippen LogP contribution >= 0.6 is 11.8 Å². The summed E-state index contributed by atoms with van der Waals surface area (Å²) in [5.74, 6) is 0.802. The average molecular weight is 279 g/mol. The second-order valence-electron chi connectivity index (χ2n) is 3.65. The van der Waals surface area contributed by atoms with Gasteiger partial charge in [0.15, 0.2) is 16.7 Å². The molecule has 100 valence electrons. The second-order valence-corrected chi connectivity index (χ2v) is 4.61. The third-order valence-corrected chi connectivity index (χ3v) is 3.09. The zero-order valence-electron chi connectivity index (χ0n) is 10.3. The van der Waals surface area contributed by atoms with Crippen molar-refractivity contribution in [3.8, 4) is 11.5 Å². The molecule has 1 heterocycles. The fourth-order valence-electron chi connectivity index (χ4n) is 1.41. The molecular formula is C12H13N3O3S. The third-order valence-electron chi connectivity index (χ3n) is 2.23. The van der Waals surface area contributed by atoms with Gasteiger partial charge in [0.2, 0.25) is 5.91 Å². The van der Waals surface area contributed by atoms with E-state index in [1.165, 1.54) is 24.0 Å². The van der Waals surface area contributed by atoms with Crippen LogP contribution in [0.3, 0.4) is 0 Å². The maximum atomic E-state index is 10.9. The molecule has 7 heteroatoms. The van der Waals surface area contributed by atoms with Crippen LogP contribution in [0.5, 0.6) is 11.5 Å². The fourth-order valence-corrected chi connectivity index (χ4v) is 2.04. The highest BCUT2D eigenvalue weighted by Gasteiger charge is 2.15. The minimum atomic E-state index is -0.0674. The van der Waals surface area contributed by atoms with Crippen molar-refractivity contribution in [2.75, 3.05) is 12.4 Å². The molecule has 2 N–H and O–H groups in total. The first-order valence-electron chi connectivity index (χ1n) is 5.68. The van der Waals surface area contributed by atoms with Gasteiger partial charge in [-0.2, -0.15) is 5.10 Å². The van der Waals surface area contributed by atoms with Gasteiger partial charge in [-0.3, -0.25) is 4.79 Å². The largest absolute Gasteiger partial charge is 0.504 e. The van der Waals surface area contributed by atoms with Gasteiger partial charge in [0.05, 0.1) is 18.6 Å². The lowest BCUT2D eigenvalue weighted by Crippen LogP contribution is -2.19. The summed E-state index contributed by atoms with van der Waals surface area (Å²) in [5.41, 5.74) is 0.750. The zero-order valence-corrected chi connectivity index (χ0v) is 11.1. The Morgan fingerprint density at radius 1 is 1.58 bits per heavy atom. The van der Waals surface area contributed by atoms with E-state index < -0.39 is 0 Å². The Morgan fingerprint density at radius 2 is 2.42 bits per heavy atom. The molecule has 0 saturated carbocycles. The number of rotatable bonds is 4. The van der Waals surface area contributed by atoms with Crippen LogP contribution in [-0.2, 0) is 4.79 Å². The van der Waals surface area contributed by atoms with Crippen molar-refractivity contribution in [1.82, 2.24) is 5.32 Å². The lowest BCUT2D eigenvalue weighted by Gasteiger charge is -2.05.